The Labute approximate surface area is 142 Å². The van der Waals surface area contributed by atoms with E-state index in [2.05, 4.69) is 15.9 Å². The minimum absolute atomic E-state index is 0. The number of nitrogens with two attached hydrogens (primary N) is 1. The predicted molar refractivity (Wildman–Crippen MR) is 94.5 cm³/mol. The Morgan fingerprint density at radius 3 is 2.86 bits per heavy atom. The third-order valence-corrected chi connectivity index (χ3v) is 5.17. The predicted octanol–water partition coefficient (Wildman–Crippen LogP) is 4.04. The highest BCUT2D eigenvalue weighted by molar-refractivity contribution is 9.11. The molecule has 3 nitrogen and oxygen atoms in total. The SMILES string of the molecule is Cl.Nc1cccc2c1CCCN2C(=O)Cc1ccc(Br)s1. The number of fused-ring (bicyclic) bond motifs is 1. The van der Waals surface area contributed by atoms with E-state index in [9.17, 15) is 4.79 Å². The molecule has 0 fully saturated rings. The fraction of sp³-hybridized carbons (Fsp3) is 0.267. The van der Waals surface area contributed by atoms with Gasteiger partial charge in [-0.15, -0.1) is 23.7 Å². The Bertz CT molecular complexity index is 659. The van der Waals surface area contributed by atoms with Gasteiger partial charge in [0.1, 0.15) is 0 Å². The molecule has 0 aliphatic carbocycles. The number of amides is 1. The van der Waals surface area contributed by atoms with Crippen LogP contribution in [0.25, 0.3) is 0 Å². The molecule has 0 atom stereocenters. The maximum absolute atomic E-state index is 12.5. The van der Waals surface area contributed by atoms with E-state index < -0.39 is 0 Å². The summed E-state index contributed by atoms with van der Waals surface area (Å²) < 4.78 is 1.06. The number of hydrogen-bond donors (Lipinski definition) is 1. The normalized spacial score (nSPS) is 13.5. The molecule has 0 spiro atoms. The number of rotatable bonds is 2. The summed E-state index contributed by atoms with van der Waals surface area (Å²) >= 11 is 5.04. The average molecular weight is 388 g/mol. The van der Waals surface area contributed by atoms with Crippen LogP contribution in [-0.2, 0) is 17.6 Å². The second-order valence-corrected chi connectivity index (χ2v) is 7.42. The highest BCUT2D eigenvalue weighted by atomic mass is 79.9. The molecule has 0 saturated heterocycles. The van der Waals surface area contributed by atoms with Crippen molar-refractivity contribution in [1.29, 1.82) is 0 Å². The zero-order valence-corrected chi connectivity index (χ0v) is 14.6. The molecule has 2 N–H and O–H groups in total. The first-order valence-electron chi connectivity index (χ1n) is 6.57. The van der Waals surface area contributed by atoms with Gasteiger partial charge in [-0.05, 0) is 58.6 Å². The van der Waals surface area contributed by atoms with Crippen LogP contribution in [0.2, 0.25) is 0 Å². The topological polar surface area (TPSA) is 46.3 Å². The molecule has 3 rings (SSSR count). The number of halogens is 2. The second-order valence-electron chi connectivity index (χ2n) is 4.88. The molecule has 1 amide bonds. The van der Waals surface area contributed by atoms with Gasteiger partial charge in [0.05, 0.1) is 10.2 Å². The lowest BCUT2D eigenvalue weighted by Crippen LogP contribution is -2.36. The van der Waals surface area contributed by atoms with Gasteiger partial charge in [0, 0.05) is 22.8 Å². The zero-order chi connectivity index (χ0) is 14.1. The number of thiophene rings is 1. The second kappa shape index (κ2) is 6.81. The number of benzene rings is 1. The molecule has 1 aromatic heterocycles. The van der Waals surface area contributed by atoms with Crippen LogP contribution < -0.4 is 10.6 Å². The molecule has 2 heterocycles. The summed E-state index contributed by atoms with van der Waals surface area (Å²) in [6.07, 6.45) is 2.38. The summed E-state index contributed by atoms with van der Waals surface area (Å²) in [7, 11) is 0. The first-order valence-corrected chi connectivity index (χ1v) is 8.18. The molecule has 0 bridgehead atoms. The molecule has 1 aliphatic rings. The number of nitrogen functional groups attached to an aromatic ring is 1. The van der Waals surface area contributed by atoms with Crippen LogP contribution in [-0.4, -0.2) is 12.5 Å². The monoisotopic (exact) mass is 386 g/mol. The summed E-state index contributed by atoms with van der Waals surface area (Å²) in [5.41, 5.74) is 8.90. The van der Waals surface area contributed by atoms with E-state index in [1.54, 1.807) is 11.3 Å². The zero-order valence-electron chi connectivity index (χ0n) is 11.3. The fourth-order valence-electron chi connectivity index (χ4n) is 2.60. The highest BCUT2D eigenvalue weighted by Gasteiger charge is 2.23. The highest BCUT2D eigenvalue weighted by Crippen LogP contribution is 2.32. The van der Waals surface area contributed by atoms with E-state index in [-0.39, 0.29) is 18.3 Å². The molecule has 0 unspecified atom stereocenters. The smallest absolute Gasteiger partial charge is 0.232 e. The molecule has 1 aliphatic heterocycles. The molecule has 21 heavy (non-hydrogen) atoms. The van der Waals surface area contributed by atoms with Gasteiger partial charge in [-0.1, -0.05) is 6.07 Å². The number of anilines is 2. The Morgan fingerprint density at radius 2 is 2.14 bits per heavy atom. The largest absolute Gasteiger partial charge is 0.398 e. The quantitative estimate of drug-likeness (QED) is 0.791. The Morgan fingerprint density at radius 1 is 1.33 bits per heavy atom. The van der Waals surface area contributed by atoms with Gasteiger partial charge in [0.15, 0.2) is 0 Å². The maximum Gasteiger partial charge on any atom is 0.232 e. The van der Waals surface area contributed by atoms with Crippen molar-refractivity contribution in [2.24, 2.45) is 0 Å². The van der Waals surface area contributed by atoms with Gasteiger partial charge in [-0.25, -0.2) is 0 Å². The van der Waals surface area contributed by atoms with Gasteiger partial charge in [0.2, 0.25) is 5.91 Å². The van der Waals surface area contributed by atoms with E-state index in [1.165, 1.54) is 0 Å². The first kappa shape index (κ1) is 16.3. The van der Waals surface area contributed by atoms with Gasteiger partial charge < -0.3 is 10.6 Å². The third kappa shape index (κ3) is 3.42. The van der Waals surface area contributed by atoms with Crippen molar-refractivity contribution < 1.29 is 4.79 Å². The van der Waals surface area contributed by atoms with Crippen molar-refractivity contribution in [2.45, 2.75) is 19.3 Å². The Kier molecular flexibility index (Phi) is 5.30. The number of carbonyl (C=O) groups is 1. The van der Waals surface area contributed by atoms with Gasteiger partial charge in [0.25, 0.3) is 0 Å². The van der Waals surface area contributed by atoms with Crippen molar-refractivity contribution in [3.63, 3.8) is 0 Å². The summed E-state index contributed by atoms with van der Waals surface area (Å²) in [6.45, 7) is 0.780. The van der Waals surface area contributed by atoms with Crippen molar-refractivity contribution >= 4 is 57.0 Å². The molecule has 2 aromatic rings. The van der Waals surface area contributed by atoms with Crippen molar-refractivity contribution in [3.8, 4) is 0 Å². The Balaban J connectivity index is 0.00000161. The molecule has 0 radical (unpaired) electrons. The summed E-state index contributed by atoms with van der Waals surface area (Å²) in [5.74, 6) is 0.144. The van der Waals surface area contributed by atoms with Gasteiger partial charge >= 0.3 is 0 Å². The van der Waals surface area contributed by atoms with Gasteiger partial charge in [-0.3, -0.25) is 4.79 Å². The van der Waals surface area contributed by atoms with E-state index in [0.29, 0.717) is 6.42 Å². The van der Waals surface area contributed by atoms with Gasteiger partial charge in [-0.2, -0.15) is 0 Å². The van der Waals surface area contributed by atoms with Crippen LogP contribution in [0.3, 0.4) is 0 Å². The van der Waals surface area contributed by atoms with Crippen LogP contribution in [0, 0.1) is 0 Å². The van der Waals surface area contributed by atoms with Crippen LogP contribution in [0.15, 0.2) is 34.1 Å². The molecular weight excluding hydrogens is 372 g/mol. The minimum atomic E-state index is 0. The average Bonchev–Trinajstić information content (AvgIpc) is 2.84. The summed E-state index contributed by atoms with van der Waals surface area (Å²) in [6, 6.07) is 9.80. The number of hydrogen-bond acceptors (Lipinski definition) is 3. The number of nitrogens with zero attached hydrogens (tertiary/aromatic N) is 1. The third-order valence-electron chi connectivity index (χ3n) is 3.54. The van der Waals surface area contributed by atoms with Crippen molar-refractivity contribution in [1.82, 2.24) is 0 Å². The van der Waals surface area contributed by atoms with E-state index in [4.69, 9.17) is 5.73 Å². The van der Waals surface area contributed by atoms with Crippen molar-refractivity contribution in [3.05, 3.63) is 44.6 Å². The molecular formula is C15H16BrClN2OS. The van der Waals surface area contributed by atoms with E-state index >= 15 is 0 Å². The fourth-order valence-corrected chi connectivity index (χ4v) is 4.08. The molecule has 6 heteroatoms. The molecule has 0 saturated carbocycles. The molecule has 112 valence electrons. The summed E-state index contributed by atoms with van der Waals surface area (Å²) in [4.78, 5) is 15.5. The minimum Gasteiger partial charge on any atom is -0.398 e. The number of carbonyl (C=O) groups excluding carboxylic acids is 1. The first-order chi connectivity index (χ1) is 9.65. The molecule has 1 aromatic carbocycles. The maximum atomic E-state index is 12.5. The van der Waals surface area contributed by atoms with Crippen LogP contribution in [0.4, 0.5) is 11.4 Å². The summed E-state index contributed by atoms with van der Waals surface area (Å²) in [5, 5.41) is 0. The van der Waals surface area contributed by atoms with E-state index in [1.807, 2.05) is 35.2 Å². The lowest BCUT2D eigenvalue weighted by Gasteiger charge is -2.30. The Hall–Kier alpha value is -1.04. The van der Waals surface area contributed by atoms with E-state index in [0.717, 1.165) is 45.0 Å². The van der Waals surface area contributed by atoms with Crippen molar-refractivity contribution in [2.75, 3.05) is 17.2 Å². The van der Waals surface area contributed by atoms with Crippen LogP contribution in [0.1, 0.15) is 16.9 Å². The standard InChI is InChI=1S/C15H15BrN2OS.ClH/c16-14-7-6-10(20-14)9-15(19)18-8-2-3-11-12(17)4-1-5-13(11)18;/h1,4-7H,2-3,8-9,17H2;1H. The van der Waals surface area contributed by atoms with Crippen LogP contribution in [0.5, 0.6) is 0 Å². The lowest BCUT2D eigenvalue weighted by molar-refractivity contribution is -0.118. The lowest BCUT2D eigenvalue weighted by atomic mass is 9.99. The van der Waals surface area contributed by atoms with Crippen LogP contribution >= 0.6 is 39.7 Å².